The van der Waals surface area contributed by atoms with Gasteiger partial charge in [-0.05, 0) is 22.4 Å². The molecule has 0 aromatic carbocycles. The van der Waals surface area contributed by atoms with Gasteiger partial charge in [-0.1, -0.05) is 23.2 Å². The normalized spacial score (nSPS) is 14.1. The minimum atomic E-state index is -2.19. The standard InChI is InChI=1S/C7H6Cl2O3S/c8-7(9,6(11)12)5(10)4-1-2-13-3-4/h1-3,5,10H,(H,11,12). The molecule has 0 saturated heterocycles. The third kappa shape index (κ3) is 2.14. The van der Waals surface area contributed by atoms with Gasteiger partial charge in [0, 0.05) is 0 Å². The Morgan fingerprint density at radius 3 is 2.62 bits per heavy atom. The van der Waals surface area contributed by atoms with Crippen LogP contribution in [0.25, 0.3) is 0 Å². The average molecular weight is 241 g/mol. The van der Waals surface area contributed by atoms with Gasteiger partial charge in [0.25, 0.3) is 0 Å². The van der Waals surface area contributed by atoms with Crippen molar-refractivity contribution in [3.63, 3.8) is 0 Å². The van der Waals surface area contributed by atoms with Gasteiger partial charge in [-0.3, -0.25) is 0 Å². The van der Waals surface area contributed by atoms with Crippen LogP contribution in [0, 0.1) is 0 Å². The Labute approximate surface area is 88.5 Å². The van der Waals surface area contributed by atoms with Crippen LogP contribution in [-0.4, -0.2) is 20.5 Å². The lowest BCUT2D eigenvalue weighted by Gasteiger charge is -2.20. The highest BCUT2D eigenvalue weighted by Crippen LogP contribution is 2.36. The van der Waals surface area contributed by atoms with Crippen LogP contribution in [0.5, 0.6) is 0 Å². The molecule has 72 valence electrons. The quantitative estimate of drug-likeness (QED) is 0.796. The molecule has 13 heavy (non-hydrogen) atoms. The number of hydrogen-bond acceptors (Lipinski definition) is 3. The fourth-order valence-electron chi connectivity index (χ4n) is 0.757. The molecule has 0 aliphatic heterocycles. The van der Waals surface area contributed by atoms with Crippen molar-refractivity contribution in [2.24, 2.45) is 0 Å². The Balaban J connectivity index is 2.90. The van der Waals surface area contributed by atoms with Crippen molar-refractivity contribution in [2.45, 2.75) is 10.4 Å². The van der Waals surface area contributed by atoms with Gasteiger partial charge in [0.2, 0.25) is 4.33 Å². The maximum Gasteiger partial charge on any atom is 0.343 e. The summed E-state index contributed by atoms with van der Waals surface area (Å²) in [4.78, 5) is 10.5. The molecule has 0 saturated carbocycles. The maximum absolute atomic E-state index is 10.5. The number of aliphatic hydroxyl groups excluding tert-OH is 1. The third-order valence-corrected chi connectivity index (χ3v) is 2.93. The fourth-order valence-corrected chi connectivity index (χ4v) is 1.69. The summed E-state index contributed by atoms with van der Waals surface area (Å²) in [6.07, 6.45) is -1.42. The molecule has 1 aromatic rings. The predicted molar refractivity (Wildman–Crippen MR) is 51.4 cm³/mol. The molecule has 1 atom stereocenters. The molecule has 0 aliphatic carbocycles. The van der Waals surface area contributed by atoms with Crippen molar-refractivity contribution >= 4 is 40.5 Å². The number of carboxylic acids is 1. The van der Waals surface area contributed by atoms with E-state index in [-0.39, 0.29) is 0 Å². The largest absolute Gasteiger partial charge is 0.479 e. The molecule has 0 aliphatic rings. The minimum Gasteiger partial charge on any atom is -0.479 e. The average Bonchev–Trinajstić information content (AvgIpc) is 2.54. The molecule has 1 unspecified atom stereocenters. The molecule has 1 aromatic heterocycles. The van der Waals surface area contributed by atoms with Crippen LogP contribution >= 0.6 is 34.5 Å². The van der Waals surface area contributed by atoms with Crippen LogP contribution in [0.15, 0.2) is 16.8 Å². The summed E-state index contributed by atoms with van der Waals surface area (Å²) in [5.41, 5.74) is 0.400. The first-order valence-corrected chi connectivity index (χ1v) is 4.97. The van der Waals surface area contributed by atoms with Crippen LogP contribution < -0.4 is 0 Å². The van der Waals surface area contributed by atoms with E-state index in [1.165, 1.54) is 11.3 Å². The lowest BCUT2D eigenvalue weighted by molar-refractivity contribution is -0.140. The molecule has 1 rings (SSSR count). The predicted octanol–water partition coefficient (Wildman–Crippen LogP) is 2.04. The second-order valence-corrected chi connectivity index (χ2v) is 4.55. The Morgan fingerprint density at radius 2 is 2.23 bits per heavy atom. The van der Waals surface area contributed by atoms with Crippen molar-refractivity contribution in [3.05, 3.63) is 22.4 Å². The number of aliphatic carboxylic acids is 1. The first-order valence-electron chi connectivity index (χ1n) is 3.27. The number of carbonyl (C=O) groups is 1. The summed E-state index contributed by atoms with van der Waals surface area (Å²) in [5, 5.41) is 21.3. The van der Waals surface area contributed by atoms with E-state index >= 15 is 0 Å². The van der Waals surface area contributed by atoms with Crippen molar-refractivity contribution in [2.75, 3.05) is 0 Å². The first-order chi connectivity index (χ1) is 5.96. The molecule has 3 nitrogen and oxygen atoms in total. The van der Waals surface area contributed by atoms with Crippen LogP contribution in [0.1, 0.15) is 11.7 Å². The number of halogens is 2. The van der Waals surface area contributed by atoms with Gasteiger partial charge in [-0.2, -0.15) is 11.3 Å². The molecule has 0 spiro atoms. The zero-order valence-electron chi connectivity index (χ0n) is 6.28. The van der Waals surface area contributed by atoms with Crippen LogP contribution in [0.3, 0.4) is 0 Å². The van der Waals surface area contributed by atoms with Crippen molar-refractivity contribution < 1.29 is 15.0 Å². The van der Waals surface area contributed by atoms with E-state index in [0.29, 0.717) is 5.56 Å². The number of alkyl halides is 2. The second-order valence-electron chi connectivity index (χ2n) is 2.39. The highest BCUT2D eigenvalue weighted by molar-refractivity contribution is 7.08. The van der Waals surface area contributed by atoms with E-state index in [1.54, 1.807) is 16.8 Å². The van der Waals surface area contributed by atoms with Gasteiger partial charge >= 0.3 is 5.97 Å². The second kappa shape index (κ2) is 3.84. The topological polar surface area (TPSA) is 57.5 Å². The third-order valence-electron chi connectivity index (χ3n) is 1.49. The summed E-state index contributed by atoms with van der Waals surface area (Å²) in [7, 11) is 0. The van der Waals surface area contributed by atoms with Crippen LogP contribution in [-0.2, 0) is 4.79 Å². The Hall–Kier alpha value is -0.290. The van der Waals surface area contributed by atoms with Gasteiger partial charge in [0.15, 0.2) is 0 Å². The van der Waals surface area contributed by atoms with Crippen LogP contribution in [0.4, 0.5) is 0 Å². The Kier molecular flexibility index (Phi) is 3.18. The van der Waals surface area contributed by atoms with Crippen molar-refractivity contribution in [1.29, 1.82) is 0 Å². The molecule has 1 heterocycles. The van der Waals surface area contributed by atoms with Gasteiger partial charge in [0.05, 0.1) is 0 Å². The summed E-state index contributed by atoms with van der Waals surface area (Å²) in [5.74, 6) is -1.46. The molecule has 2 N–H and O–H groups in total. The number of thiophene rings is 1. The summed E-state index contributed by atoms with van der Waals surface area (Å²) in [6.45, 7) is 0. The Morgan fingerprint density at radius 1 is 1.62 bits per heavy atom. The number of rotatable bonds is 3. The zero-order chi connectivity index (χ0) is 10.1. The maximum atomic E-state index is 10.5. The fraction of sp³-hybridized carbons (Fsp3) is 0.286. The van der Waals surface area contributed by atoms with E-state index in [0.717, 1.165) is 0 Å². The van der Waals surface area contributed by atoms with E-state index in [4.69, 9.17) is 28.3 Å². The van der Waals surface area contributed by atoms with Gasteiger partial charge in [-0.15, -0.1) is 0 Å². The lowest BCUT2D eigenvalue weighted by Crippen LogP contribution is -2.32. The summed E-state index contributed by atoms with van der Waals surface area (Å²) < 4.78 is -2.19. The highest BCUT2D eigenvalue weighted by atomic mass is 35.5. The summed E-state index contributed by atoms with van der Waals surface area (Å²) >= 11 is 12.2. The summed E-state index contributed by atoms with van der Waals surface area (Å²) in [6, 6.07) is 1.57. The van der Waals surface area contributed by atoms with Crippen molar-refractivity contribution in [1.82, 2.24) is 0 Å². The van der Waals surface area contributed by atoms with Gasteiger partial charge in [0.1, 0.15) is 6.10 Å². The minimum absolute atomic E-state index is 0.400. The molecular weight excluding hydrogens is 235 g/mol. The van der Waals surface area contributed by atoms with Crippen molar-refractivity contribution in [3.8, 4) is 0 Å². The molecule has 0 bridgehead atoms. The number of hydrogen-bond donors (Lipinski definition) is 2. The molecule has 0 radical (unpaired) electrons. The van der Waals surface area contributed by atoms with Crippen LogP contribution in [0.2, 0.25) is 0 Å². The van der Waals surface area contributed by atoms with E-state index in [1.807, 2.05) is 0 Å². The smallest absolute Gasteiger partial charge is 0.343 e. The SMILES string of the molecule is O=C(O)C(Cl)(Cl)C(O)c1ccsc1. The van der Waals surface area contributed by atoms with E-state index in [9.17, 15) is 9.90 Å². The monoisotopic (exact) mass is 240 g/mol. The molecule has 0 fully saturated rings. The Bertz CT molecular complexity index is 297. The zero-order valence-corrected chi connectivity index (χ0v) is 8.60. The van der Waals surface area contributed by atoms with Gasteiger partial charge < -0.3 is 10.2 Å². The lowest BCUT2D eigenvalue weighted by atomic mass is 10.1. The molecular formula is C7H6Cl2O3S. The highest BCUT2D eigenvalue weighted by Gasteiger charge is 2.42. The van der Waals surface area contributed by atoms with E-state index < -0.39 is 16.4 Å². The van der Waals surface area contributed by atoms with E-state index in [2.05, 4.69) is 0 Å². The van der Waals surface area contributed by atoms with Gasteiger partial charge in [-0.25, -0.2) is 4.79 Å². The number of carboxylic acid groups (broad SMARTS) is 1. The molecule has 0 amide bonds. The first kappa shape index (κ1) is 10.8. The number of aliphatic hydroxyl groups is 1. The molecule has 6 heteroatoms.